The number of carbonyl (C=O) groups excluding carboxylic acids is 2. The summed E-state index contributed by atoms with van der Waals surface area (Å²) in [5.41, 5.74) is 1.47. The van der Waals surface area contributed by atoms with E-state index in [1.54, 1.807) is 30.3 Å². The summed E-state index contributed by atoms with van der Waals surface area (Å²) in [6.07, 6.45) is 1.50. The van der Waals surface area contributed by atoms with Crippen molar-refractivity contribution in [3.63, 3.8) is 0 Å². The molecule has 0 aliphatic heterocycles. The maximum Gasteiger partial charge on any atom is 0.270 e. The molecule has 0 unspecified atom stereocenters. The molecule has 3 aromatic rings. The predicted octanol–water partition coefficient (Wildman–Crippen LogP) is 4.83. The molecule has 1 aromatic heterocycles. The number of nitro benzene ring substituents is 1. The third kappa shape index (κ3) is 4.75. The number of carbonyl (C=O) groups is 2. The SMILES string of the molecule is CCC(CC)C(=O)Nc1cccc(C(=O)Nc2nc3ccc([N+](=O)[O-])cc3s2)c1. The normalized spacial score (nSPS) is 10.9. The summed E-state index contributed by atoms with van der Waals surface area (Å²) in [6, 6.07) is 11.0. The van der Waals surface area contributed by atoms with E-state index in [1.807, 2.05) is 13.8 Å². The number of benzene rings is 2. The summed E-state index contributed by atoms with van der Waals surface area (Å²) in [4.78, 5) is 39.5. The fourth-order valence-electron chi connectivity index (χ4n) is 2.89. The molecule has 0 radical (unpaired) electrons. The minimum absolute atomic E-state index is 0.0278. The average molecular weight is 412 g/mol. The van der Waals surface area contributed by atoms with E-state index in [-0.39, 0.29) is 23.4 Å². The number of non-ortho nitro benzene ring substituents is 1. The molecule has 0 atom stereocenters. The van der Waals surface area contributed by atoms with E-state index in [0.717, 1.165) is 24.2 Å². The summed E-state index contributed by atoms with van der Waals surface area (Å²) in [5.74, 6) is -0.517. The second-order valence-corrected chi connectivity index (χ2v) is 7.50. The first-order valence-corrected chi connectivity index (χ1v) is 10.00. The van der Waals surface area contributed by atoms with Crippen LogP contribution >= 0.6 is 11.3 Å². The van der Waals surface area contributed by atoms with Crippen LogP contribution in [0.15, 0.2) is 42.5 Å². The van der Waals surface area contributed by atoms with Gasteiger partial charge in [0.15, 0.2) is 5.13 Å². The third-order valence-electron chi connectivity index (χ3n) is 4.55. The summed E-state index contributed by atoms with van der Waals surface area (Å²) in [5, 5.41) is 16.8. The van der Waals surface area contributed by atoms with Crippen LogP contribution in [0.25, 0.3) is 10.2 Å². The monoisotopic (exact) mass is 412 g/mol. The van der Waals surface area contributed by atoms with Gasteiger partial charge in [-0.05, 0) is 37.1 Å². The summed E-state index contributed by atoms with van der Waals surface area (Å²) in [7, 11) is 0. The highest BCUT2D eigenvalue weighted by Crippen LogP contribution is 2.29. The number of nitro groups is 1. The lowest BCUT2D eigenvalue weighted by Gasteiger charge is -2.13. The number of anilines is 2. The van der Waals surface area contributed by atoms with Crippen molar-refractivity contribution < 1.29 is 14.5 Å². The number of nitrogens with zero attached hydrogens (tertiary/aromatic N) is 2. The van der Waals surface area contributed by atoms with Crippen molar-refractivity contribution in [1.82, 2.24) is 4.98 Å². The van der Waals surface area contributed by atoms with Gasteiger partial charge in [0.2, 0.25) is 5.91 Å². The number of aromatic nitrogens is 1. The molecule has 2 N–H and O–H groups in total. The molecule has 0 aliphatic rings. The van der Waals surface area contributed by atoms with E-state index in [1.165, 1.54) is 12.1 Å². The van der Waals surface area contributed by atoms with Crippen molar-refractivity contribution in [1.29, 1.82) is 0 Å². The Morgan fingerprint density at radius 2 is 1.90 bits per heavy atom. The van der Waals surface area contributed by atoms with E-state index >= 15 is 0 Å². The molecule has 2 aromatic carbocycles. The first-order chi connectivity index (χ1) is 13.9. The third-order valence-corrected chi connectivity index (χ3v) is 5.49. The minimum atomic E-state index is -0.473. The van der Waals surface area contributed by atoms with Gasteiger partial charge < -0.3 is 5.32 Å². The number of amides is 2. The van der Waals surface area contributed by atoms with Crippen LogP contribution in [0.2, 0.25) is 0 Å². The molecule has 0 saturated heterocycles. The molecule has 2 amide bonds. The van der Waals surface area contributed by atoms with Crippen LogP contribution in [0.3, 0.4) is 0 Å². The largest absolute Gasteiger partial charge is 0.326 e. The number of fused-ring (bicyclic) bond motifs is 1. The molecular weight excluding hydrogens is 392 g/mol. The molecule has 150 valence electrons. The highest BCUT2D eigenvalue weighted by molar-refractivity contribution is 7.22. The van der Waals surface area contributed by atoms with Gasteiger partial charge in [-0.1, -0.05) is 31.3 Å². The Morgan fingerprint density at radius 3 is 2.59 bits per heavy atom. The number of thiazole rings is 1. The van der Waals surface area contributed by atoms with Crippen LogP contribution in [0.4, 0.5) is 16.5 Å². The zero-order valence-electron chi connectivity index (χ0n) is 16.0. The Labute approximate surface area is 171 Å². The Bertz CT molecular complexity index is 1080. The highest BCUT2D eigenvalue weighted by Gasteiger charge is 2.16. The van der Waals surface area contributed by atoms with Crippen LogP contribution in [0.1, 0.15) is 37.0 Å². The highest BCUT2D eigenvalue weighted by atomic mass is 32.1. The quantitative estimate of drug-likeness (QED) is 0.426. The first-order valence-electron chi connectivity index (χ1n) is 9.18. The van der Waals surface area contributed by atoms with Gasteiger partial charge >= 0.3 is 0 Å². The summed E-state index contributed by atoms with van der Waals surface area (Å²) >= 11 is 1.16. The zero-order valence-corrected chi connectivity index (χ0v) is 16.8. The number of nitrogens with one attached hydrogen (secondary N) is 2. The number of hydrogen-bond donors (Lipinski definition) is 2. The lowest BCUT2D eigenvalue weighted by molar-refractivity contribution is -0.384. The number of rotatable bonds is 7. The molecule has 1 heterocycles. The first kappa shape index (κ1) is 20.4. The van der Waals surface area contributed by atoms with Gasteiger partial charge in [-0.2, -0.15) is 0 Å². The van der Waals surface area contributed by atoms with Crippen LogP contribution in [-0.2, 0) is 4.79 Å². The topological polar surface area (TPSA) is 114 Å². The second kappa shape index (κ2) is 8.78. The molecule has 0 bridgehead atoms. The lowest BCUT2D eigenvalue weighted by Crippen LogP contribution is -2.22. The van der Waals surface area contributed by atoms with E-state index in [4.69, 9.17) is 0 Å². The van der Waals surface area contributed by atoms with Crippen LogP contribution in [0.5, 0.6) is 0 Å². The van der Waals surface area contributed by atoms with Gasteiger partial charge in [0.05, 0.1) is 15.1 Å². The molecule has 9 heteroatoms. The van der Waals surface area contributed by atoms with Crippen molar-refractivity contribution in [2.24, 2.45) is 5.92 Å². The summed E-state index contributed by atoms with van der Waals surface area (Å²) in [6.45, 7) is 3.93. The van der Waals surface area contributed by atoms with Crippen molar-refractivity contribution in [3.05, 3.63) is 58.1 Å². The Hall–Kier alpha value is -3.33. The van der Waals surface area contributed by atoms with Crippen LogP contribution in [0, 0.1) is 16.0 Å². The van der Waals surface area contributed by atoms with Crippen molar-refractivity contribution in [2.75, 3.05) is 10.6 Å². The van der Waals surface area contributed by atoms with E-state index in [2.05, 4.69) is 15.6 Å². The van der Waals surface area contributed by atoms with Crippen LogP contribution < -0.4 is 10.6 Å². The van der Waals surface area contributed by atoms with Crippen molar-refractivity contribution in [2.45, 2.75) is 26.7 Å². The molecule has 3 rings (SSSR count). The van der Waals surface area contributed by atoms with Gasteiger partial charge in [0.25, 0.3) is 11.6 Å². The van der Waals surface area contributed by atoms with Crippen molar-refractivity contribution in [3.8, 4) is 0 Å². The van der Waals surface area contributed by atoms with Gasteiger partial charge in [-0.25, -0.2) is 4.98 Å². The molecule has 0 aliphatic carbocycles. The molecule has 8 nitrogen and oxygen atoms in total. The fraction of sp³-hybridized carbons (Fsp3) is 0.250. The van der Waals surface area contributed by atoms with Gasteiger partial charge in [-0.3, -0.25) is 25.0 Å². The van der Waals surface area contributed by atoms with E-state index in [0.29, 0.717) is 26.6 Å². The molecule has 0 spiro atoms. The average Bonchev–Trinajstić information content (AvgIpc) is 3.10. The standard InChI is InChI=1S/C20H20N4O4S/c1-3-12(4-2)18(25)21-14-7-5-6-13(10-14)19(26)23-20-22-16-9-8-15(24(27)28)11-17(16)29-20/h5-12H,3-4H2,1-2H3,(H,21,25)(H,22,23,26). The van der Waals surface area contributed by atoms with Gasteiger partial charge in [0, 0.05) is 29.3 Å². The Kier molecular flexibility index (Phi) is 6.18. The minimum Gasteiger partial charge on any atom is -0.326 e. The van der Waals surface area contributed by atoms with E-state index in [9.17, 15) is 19.7 Å². The maximum absolute atomic E-state index is 12.6. The molecule has 0 fully saturated rings. The van der Waals surface area contributed by atoms with Crippen molar-refractivity contribution >= 4 is 49.9 Å². The van der Waals surface area contributed by atoms with Gasteiger partial charge in [-0.15, -0.1) is 0 Å². The molecule has 0 saturated carbocycles. The molecule has 29 heavy (non-hydrogen) atoms. The maximum atomic E-state index is 12.6. The predicted molar refractivity (Wildman–Crippen MR) is 113 cm³/mol. The van der Waals surface area contributed by atoms with Gasteiger partial charge in [0.1, 0.15) is 0 Å². The zero-order chi connectivity index (χ0) is 21.0. The lowest BCUT2D eigenvalue weighted by atomic mass is 10.0. The number of hydrogen-bond acceptors (Lipinski definition) is 6. The van der Waals surface area contributed by atoms with Crippen LogP contribution in [-0.4, -0.2) is 21.7 Å². The Balaban J connectivity index is 1.74. The van der Waals surface area contributed by atoms with E-state index < -0.39 is 4.92 Å². The second-order valence-electron chi connectivity index (χ2n) is 6.47. The summed E-state index contributed by atoms with van der Waals surface area (Å²) < 4.78 is 0.612. The smallest absolute Gasteiger partial charge is 0.270 e. The Morgan fingerprint density at radius 1 is 1.14 bits per heavy atom. The fourth-order valence-corrected chi connectivity index (χ4v) is 3.79. The molecular formula is C20H20N4O4S.